The molecule has 4 rings (SSSR count). The molecule has 0 bridgehead atoms. The number of aromatic nitrogens is 3. The van der Waals surface area contributed by atoms with Gasteiger partial charge in [0.2, 0.25) is 0 Å². The van der Waals surface area contributed by atoms with Gasteiger partial charge in [0, 0.05) is 5.69 Å². The Hall–Kier alpha value is -3.59. The van der Waals surface area contributed by atoms with Crippen molar-refractivity contribution in [1.29, 1.82) is 5.26 Å². The zero-order valence-electron chi connectivity index (χ0n) is 15.0. The molecule has 0 spiro atoms. The summed E-state index contributed by atoms with van der Waals surface area (Å²) in [5.41, 5.74) is 10.0. The normalized spacial score (nSPS) is 11.0. The molecular formula is C21H19N5O. The van der Waals surface area contributed by atoms with Crippen LogP contribution in [0.15, 0.2) is 48.5 Å². The molecule has 0 atom stereocenters. The Labute approximate surface area is 156 Å². The van der Waals surface area contributed by atoms with Gasteiger partial charge in [-0.1, -0.05) is 25.5 Å². The van der Waals surface area contributed by atoms with E-state index in [9.17, 15) is 5.26 Å². The molecule has 0 aliphatic carbocycles. The minimum atomic E-state index is 0.336. The quantitative estimate of drug-likeness (QED) is 0.541. The Kier molecular flexibility index (Phi) is 4.35. The SMILES string of the molecule is CCCCOc1ccc(-n2c(N)c(C#N)c3nc4ccccc4nc32)cc1. The van der Waals surface area contributed by atoms with Gasteiger partial charge < -0.3 is 10.5 Å². The molecule has 0 aliphatic rings. The summed E-state index contributed by atoms with van der Waals surface area (Å²) in [6.45, 7) is 2.82. The van der Waals surface area contributed by atoms with Gasteiger partial charge in [-0.25, -0.2) is 9.97 Å². The number of anilines is 1. The lowest BCUT2D eigenvalue weighted by molar-refractivity contribution is 0.309. The maximum Gasteiger partial charge on any atom is 0.167 e. The maximum absolute atomic E-state index is 9.58. The van der Waals surface area contributed by atoms with Gasteiger partial charge in [0.05, 0.1) is 17.6 Å². The summed E-state index contributed by atoms with van der Waals surface area (Å²) < 4.78 is 7.49. The van der Waals surface area contributed by atoms with Crippen LogP contribution in [0.4, 0.5) is 5.82 Å². The van der Waals surface area contributed by atoms with Crippen LogP contribution in [0.2, 0.25) is 0 Å². The first kappa shape index (κ1) is 16.9. The van der Waals surface area contributed by atoms with Crippen LogP contribution in [0.1, 0.15) is 25.3 Å². The summed E-state index contributed by atoms with van der Waals surface area (Å²) in [4.78, 5) is 9.32. The largest absolute Gasteiger partial charge is 0.494 e. The molecule has 0 aliphatic heterocycles. The van der Waals surface area contributed by atoms with Crippen molar-refractivity contribution in [3.05, 3.63) is 54.1 Å². The fraction of sp³-hybridized carbons (Fsp3) is 0.190. The summed E-state index contributed by atoms with van der Waals surface area (Å²) in [6.07, 6.45) is 2.11. The third-order valence-electron chi connectivity index (χ3n) is 4.47. The average Bonchev–Trinajstić information content (AvgIpc) is 2.97. The molecule has 2 aromatic carbocycles. The van der Waals surface area contributed by atoms with Crippen molar-refractivity contribution in [3.8, 4) is 17.5 Å². The Balaban J connectivity index is 1.84. The molecule has 0 fully saturated rings. The van der Waals surface area contributed by atoms with E-state index >= 15 is 0 Å². The summed E-state index contributed by atoms with van der Waals surface area (Å²) in [7, 11) is 0. The molecule has 0 saturated carbocycles. The number of unbranched alkanes of at least 4 members (excludes halogenated alkanes) is 1. The van der Waals surface area contributed by atoms with Crippen LogP contribution in [0, 0.1) is 11.3 Å². The van der Waals surface area contributed by atoms with E-state index in [1.807, 2.05) is 48.5 Å². The van der Waals surface area contributed by atoms with Crippen molar-refractivity contribution in [2.75, 3.05) is 12.3 Å². The van der Waals surface area contributed by atoms with Gasteiger partial charge in [0.1, 0.15) is 28.7 Å². The first-order chi connectivity index (χ1) is 13.2. The number of benzene rings is 2. The van der Waals surface area contributed by atoms with E-state index < -0.39 is 0 Å². The zero-order chi connectivity index (χ0) is 18.8. The molecule has 0 unspecified atom stereocenters. The highest BCUT2D eigenvalue weighted by Gasteiger charge is 2.19. The number of nitriles is 1. The number of hydrogen-bond acceptors (Lipinski definition) is 5. The number of ether oxygens (including phenoxy) is 1. The van der Waals surface area contributed by atoms with Crippen molar-refractivity contribution in [3.63, 3.8) is 0 Å². The van der Waals surface area contributed by atoms with E-state index in [1.165, 1.54) is 0 Å². The maximum atomic E-state index is 9.58. The molecule has 6 heteroatoms. The zero-order valence-corrected chi connectivity index (χ0v) is 15.0. The van der Waals surface area contributed by atoms with E-state index in [2.05, 4.69) is 18.0 Å². The summed E-state index contributed by atoms with van der Waals surface area (Å²) >= 11 is 0. The molecule has 0 radical (unpaired) electrons. The summed E-state index contributed by atoms with van der Waals surface area (Å²) in [5, 5.41) is 9.58. The number of nitrogens with zero attached hydrogens (tertiary/aromatic N) is 4. The van der Waals surface area contributed by atoms with Gasteiger partial charge in [-0.2, -0.15) is 5.26 Å². The van der Waals surface area contributed by atoms with Crippen LogP contribution in [-0.4, -0.2) is 21.1 Å². The number of para-hydroxylation sites is 2. The molecule has 2 heterocycles. The predicted molar refractivity (Wildman–Crippen MR) is 106 cm³/mol. The second kappa shape index (κ2) is 6.96. The van der Waals surface area contributed by atoms with Crippen molar-refractivity contribution in [2.24, 2.45) is 0 Å². The Morgan fingerprint density at radius 1 is 1.07 bits per heavy atom. The Morgan fingerprint density at radius 3 is 2.44 bits per heavy atom. The number of nitrogen functional groups attached to an aromatic ring is 1. The van der Waals surface area contributed by atoms with Crippen molar-refractivity contribution >= 4 is 28.0 Å². The average molecular weight is 357 g/mol. The number of fused-ring (bicyclic) bond motifs is 2. The van der Waals surface area contributed by atoms with Crippen LogP contribution >= 0.6 is 0 Å². The van der Waals surface area contributed by atoms with E-state index in [4.69, 9.17) is 15.5 Å². The molecule has 6 nitrogen and oxygen atoms in total. The fourth-order valence-corrected chi connectivity index (χ4v) is 3.06. The van der Waals surface area contributed by atoms with Crippen LogP contribution in [0.5, 0.6) is 5.75 Å². The van der Waals surface area contributed by atoms with Gasteiger partial charge in [-0.15, -0.1) is 0 Å². The van der Waals surface area contributed by atoms with Gasteiger partial charge in [-0.05, 0) is 42.8 Å². The van der Waals surface area contributed by atoms with Crippen LogP contribution in [-0.2, 0) is 0 Å². The minimum Gasteiger partial charge on any atom is -0.494 e. The van der Waals surface area contributed by atoms with E-state index in [-0.39, 0.29) is 0 Å². The van der Waals surface area contributed by atoms with Gasteiger partial charge in [-0.3, -0.25) is 4.57 Å². The highest BCUT2D eigenvalue weighted by Crippen LogP contribution is 2.30. The van der Waals surface area contributed by atoms with Gasteiger partial charge >= 0.3 is 0 Å². The van der Waals surface area contributed by atoms with Gasteiger partial charge in [0.25, 0.3) is 0 Å². The van der Waals surface area contributed by atoms with Crippen molar-refractivity contribution < 1.29 is 4.74 Å². The number of rotatable bonds is 5. The molecule has 134 valence electrons. The number of nitrogens with two attached hydrogens (primary N) is 1. The lowest BCUT2D eigenvalue weighted by Gasteiger charge is -2.10. The molecular weight excluding hydrogens is 338 g/mol. The highest BCUT2D eigenvalue weighted by atomic mass is 16.5. The van der Waals surface area contributed by atoms with E-state index in [0.29, 0.717) is 29.2 Å². The Morgan fingerprint density at radius 2 is 1.78 bits per heavy atom. The lowest BCUT2D eigenvalue weighted by atomic mass is 10.2. The first-order valence-electron chi connectivity index (χ1n) is 8.93. The first-order valence-corrected chi connectivity index (χ1v) is 8.93. The summed E-state index contributed by atoms with van der Waals surface area (Å²) in [5.74, 6) is 1.14. The standard InChI is InChI=1S/C21H19N5O/c1-2-3-12-27-15-10-8-14(9-11-15)26-20(23)16(13-22)19-21(26)25-18-7-5-4-6-17(18)24-19/h4-11H,2-3,12,23H2,1H3. The molecule has 0 amide bonds. The summed E-state index contributed by atoms with van der Waals surface area (Å²) in [6, 6.07) is 17.4. The third-order valence-corrected chi connectivity index (χ3v) is 4.47. The van der Waals surface area contributed by atoms with Crippen LogP contribution < -0.4 is 10.5 Å². The van der Waals surface area contributed by atoms with Crippen LogP contribution in [0.25, 0.3) is 27.9 Å². The van der Waals surface area contributed by atoms with Crippen molar-refractivity contribution in [1.82, 2.24) is 14.5 Å². The third kappa shape index (κ3) is 2.93. The van der Waals surface area contributed by atoms with Crippen molar-refractivity contribution in [2.45, 2.75) is 19.8 Å². The Bertz CT molecular complexity index is 1160. The molecule has 2 aromatic heterocycles. The second-order valence-electron chi connectivity index (χ2n) is 6.29. The number of hydrogen-bond donors (Lipinski definition) is 1. The topological polar surface area (TPSA) is 89.8 Å². The molecule has 0 saturated heterocycles. The van der Waals surface area contributed by atoms with E-state index in [0.717, 1.165) is 35.3 Å². The van der Waals surface area contributed by atoms with E-state index in [1.54, 1.807) is 4.57 Å². The fourth-order valence-electron chi connectivity index (χ4n) is 3.06. The second-order valence-corrected chi connectivity index (χ2v) is 6.29. The van der Waals surface area contributed by atoms with Crippen LogP contribution in [0.3, 0.4) is 0 Å². The lowest BCUT2D eigenvalue weighted by Crippen LogP contribution is -2.02. The minimum absolute atomic E-state index is 0.336. The predicted octanol–water partition coefficient (Wildman–Crippen LogP) is 4.21. The van der Waals surface area contributed by atoms with Gasteiger partial charge in [0.15, 0.2) is 5.65 Å². The molecule has 4 aromatic rings. The molecule has 2 N–H and O–H groups in total. The molecule has 27 heavy (non-hydrogen) atoms. The smallest absolute Gasteiger partial charge is 0.167 e. The monoisotopic (exact) mass is 357 g/mol. The highest BCUT2D eigenvalue weighted by molar-refractivity contribution is 5.93.